The molecule has 1 aromatic carbocycles. The first-order valence-corrected chi connectivity index (χ1v) is 7.53. The first-order valence-electron chi connectivity index (χ1n) is 6.04. The van der Waals surface area contributed by atoms with Crippen LogP contribution in [0.2, 0.25) is 0 Å². The molecule has 0 aliphatic carbocycles. The number of nitrogens with one attached hydrogen (secondary N) is 2. The lowest BCUT2D eigenvalue weighted by atomic mass is 10.0. The summed E-state index contributed by atoms with van der Waals surface area (Å²) in [5.41, 5.74) is -1.48. The Bertz CT molecular complexity index is 576. The second-order valence-electron chi connectivity index (χ2n) is 5.12. The molecule has 1 unspecified atom stereocenters. The zero-order valence-corrected chi connectivity index (χ0v) is 11.6. The summed E-state index contributed by atoms with van der Waals surface area (Å²) in [6, 6.07) is 3.47. The highest BCUT2D eigenvalue weighted by molar-refractivity contribution is 7.89. The zero-order valence-electron chi connectivity index (χ0n) is 10.8. The van der Waals surface area contributed by atoms with Crippen LogP contribution >= 0.6 is 0 Å². The Morgan fingerprint density at radius 1 is 1.25 bits per heavy atom. The van der Waals surface area contributed by atoms with Crippen molar-refractivity contribution in [1.82, 2.24) is 10.0 Å². The molecule has 2 rings (SSSR count). The summed E-state index contributed by atoms with van der Waals surface area (Å²) in [7, 11) is -3.82. The molecule has 0 radical (unpaired) electrons. The summed E-state index contributed by atoms with van der Waals surface area (Å²) in [4.78, 5) is -0.168. The Morgan fingerprint density at radius 3 is 2.30 bits per heavy atom. The lowest BCUT2D eigenvalue weighted by molar-refractivity contribution is -0.137. The highest BCUT2D eigenvalue weighted by Crippen LogP contribution is 2.30. The second-order valence-corrected chi connectivity index (χ2v) is 6.80. The van der Waals surface area contributed by atoms with Crippen LogP contribution < -0.4 is 10.0 Å². The fourth-order valence-corrected chi connectivity index (χ4v) is 3.55. The van der Waals surface area contributed by atoms with Gasteiger partial charge in [0.15, 0.2) is 0 Å². The van der Waals surface area contributed by atoms with E-state index in [-0.39, 0.29) is 4.90 Å². The van der Waals surface area contributed by atoms with Crippen LogP contribution in [-0.2, 0) is 16.2 Å². The van der Waals surface area contributed by atoms with Crippen molar-refractivity contribution in [3.63, 3.8) is 0 Å². The molecule has 4 nitrogen and oxygen atoms in total. The van der Waals surface area contributed by atoms with Gasteiger partial charge in [-0.25, -0.2) is 13.1 Å². The first-order chi connectivity index (χ1) is 9.12. The molecule has 20 heavy (non-hydrogen) atoms. The quantitative estimate of drug-likeness (QED) is 0.894. The summed E-state index contributed by atoms with van der Waals surface area (Å²) >= 11 is 0. The van der Waals surface area contributed by atoms with Crippen molar-refractivity contribution in [3.8, 4) is 0 Å². The number of hydrogen-bond donors (Lipinski definition) is 2. The van der Waals surface area contributed by atoms with E-state index in [9.17, 15) is 21.6 Å². The molecule has 112 valence electrons. The lowest BCUT2D eigenvalue weighted by Crippen LogP contribution is -2.47. The predicted octanol–water partition coefficient (Wildman–Crippen LogP) is 1.74. The normalized spacial score (nSPS) is 24.0. The Kier molecular flexibility index (Phi) is 3.83. The molecule has 0 amide bonds. The van der Waals surface area contributed by atoms with Crippen LogP contribution in [0.25, 0.3) is 0 Å². The monoisotopic (exact) mass is 308 g/mol. The maximum atomic E-state index is 12.4. The Labute approximate surface area is 115 Å². The molecule has 1 saturated heterocycles. The summed E-state index contributed by atoms with van der Waals surface area (Å²) in [6.07, 6.45) is -3.84. The number of benzene rings is 1. The van der Waals surface area contributed by atoms with Crippen molar-refractivity contribution < 1.29 is 21.6 Å². The van der Waals surface area contributed by atoms with E-state index >= 15 is 0 Å². The van der Waals surface area contributed by atoms with E-state index in [1.807, 2.05) is 0 Å². The molecule has 1 aromatic rings. The second kappa shape index (κ2) is 5.01. The molecule has 1 aliphatic heterocycles. The molecular weight excluding hydrogens is 293 g/mol. The van der Waals surface area contributed by atoms with Crippen LogP contribution in [-0.4, -0.2) is 27.0 Å². The van der Waals surface area contributed by atoms with Crippen molar-refractivity contribution >= 4 is 10.0 Å². The molecule has 1 atom stereocenters. The minimum absolute atomic E-state index is 0.168. The standard InChI is InChI=1S/C12H15F3N2O2S/c1-11(6-7-16-8-11)17-20(18,19)10-4-2-9(3-5-10)12(13,14)15/h2-5,16-17H,6-8H2,1H3. The molecule has 0 spiro atoms. The average molecular weight is 308 g/mol. The predicted molar refractivity (Wildman–Crippen MR) is 67.7 cm³/mol. The van der Waals surface area contributed by atoms with Gasteiger partial charge in [0, 0.05) is 12.1 Å². The maximum absolute atomic E-state index is 12.4. The van der Waals surface area contributed by atoms with Gasteiger partial charge in [0.05, 0.1) is 10.5 Å². The van der Waals surface area contributed by atoms with Crippen LogP contribution in [0.15, 0.2) is 29.2 Å². The van der Waals surface area contributed by atoms with Gasteiger partial charge in [0.25, 0.3) is 0 Å². The van der Waals surface area contributed by atoms with Crippen LogP contribution in [0, 0.1) is 0 Å². The number of sulfonamides is 1. The molecule has 1 aliphatic rings. The molecule has 0 saturated carbocycles. The van der Waals surface area contributed by atoms with E-state index in [1.165, 1.54) is 0 Å². The van der Waals surface area contributed by atoms with Gasteiger partial charge < -0.3 is 5.32 Å². The highest BCUT2D eigenvalue weighted by Gasteiger charge is 2.34. The molecule has 0 bridgehead atoms. The van der Waals surface area contributed by atoms with Gasteiger partial charge in [-0.3, -0.25) is 0 Å². The van der Waals surface area contributed by atoms with Crippen molar-refractivity contribution in [1.29, 1.82) is 0 Å². The van der Waals surface area contributed by atoms with Gasteiger partial charge >= 0.3 is 6.18 Å². The fraction of sp³-hybridized carbons (Fsp3) is 0.500. The van der Waals surface area contributed by atoms with Crippen LogP contribution in [0.4, 0.5) is 13.2 Å². The lowest BCUT2D eigenvalue weighted by Gasteiger charge is -2.24. The van der Waals surface area contributed by atoms with Gasteiger partial charge in [-0.1, -0.05) is 0 Å². The summed E-state index contributed by atoms with van der Waals surface area (Å²) in [5, 5.41) is 3.04. The largest absolute Gasteiger partial charge is 0.416 e. The van der Waals surface area contributed by atoms with Crippen LogP contribution in [0.1, 0.15) is 18.9 Å². The van der Waals surface area contributed by atoms with Gasteiger partial charge in [0.2, 0.25) is 10.0 Å². The van der Waals surface area contributed by atoms with E-state index in [0.29, 0.717) is 19.5 Å². The van der Waals surface area contributed by atoms with Gasteiger partial charge in [-0.2, -0.15) is 13.2 Å². The maximum Gasteiger partial charge on any atom is 0.416 e. The van der Waals surface area contributed by atoms with Crippen molar-refractivity contribution in [3.05, 3.63) is 29.8 Å². The summed E-state index contributed by atoms with van der Waals surface area (Å²) < 4.78 is 64.1. The van der Waals surface area contributed by atoms with Crippen molar-refractivity contribution in [2.75, 3.05) is 13.1 Å². The van der Waals surface area contributed by atoms with Crippen LogP contribution in [0.3, 0.4) is 0 Å². The molecule has 0 aromatic heterocycles. The molecular formula is C12H15F3N2O2S. The third kappa shape index (κ3) is 3.31. The van der Waals surface area contributed by atoms with Gasteiger partial charge in [-0.05, 0) is 44.2 Å². The molecule has 1 heterocycles. The van der Waals surface area contributed by atoms with Gasteiger partial charge in [-0.15, -0.1) is 0 Å². The van der Waals surface area contributed by atoms with Crippen molar-refractivity contribution in [2.45, 2.75) is 30.0 Å². The van der Waals surface area contributed by atoms with Crippen LogP contribution in [0.5, 0.6) is 0 Å². The SMILES string of the molecule is CC1(NS(=O)(=O)c2ccc(C(F)(F)F)cc2)CCNC1. The van der Waals surface area contributed by atoms with E-state index in [4.69, 9.17) is 0 Å². The Hall–Kier alpha value is -1.12. The minimum atomic E-state index is -4.48. The Balaban J connectivity index is 2.22. The first kappa shape index (κ1) is 15.3. The van der Waals surface area contributed by atoms with E-state index in [1.54, 1.807) is 6.92 Å². The molecule has 2 N–H and O–H groups in total. The third-order valence-electron chi connectivity index (χ3n) is 3.24. The number of hydrogen-bond acceptors (Lipinski definition) is 3. The number of rotatable bonds is 3. The topological polar surface area (TPSA) is 58.2 Å². The third-order valence-corrected chi connectivity index (χ3v) is 4.90. The summed E-state index contributed by atoms with van der Waals surface area (Å²) in [6.45, 7) is 2.95. The van der Waals surface area contributed by atoms with E-state index < -0.39 is 27.3 Å². The smallest absolute Gasteiger partial charge is 0.315 e. The summed E-state index contributed by atoms with van der Waals surface area (Å²) in [5.74, 6) is 0. The number of halogens is 3. The molecule has 1 fully saturated rings. The minimum Gasteiger partial charge on any atom is -0.315 e. The van der Waals surface area contributed by atoms with Gasteiger partial charge in [0.1, 0.15) is 0 Å². The highest BCUT2D eigenvalue weighted by atomic mass is 32.2. The zero-order chi connectivity index (χ0) is 15.0. The fourth-order valence-electron chi connectivity index (χ4n) is 2.11. The average Bonchev–Trinajstić information content (AvgIpc) is 2.74. The number of alkyl halides is 3. The van der Waals surface area contributed by atoms with Crippen molar-refractivity contribution in [2.24, 2.45) is 0 Å². The molecule has 8 heteroatoms. The Morgan fingerprint density at radius 2 is 1.85 bits per heavy atom. The van der Waals surface area contributed by atoms with E-state index in [2.05, 4.69) is 10.0 Å². The van der Waals surface area contributed by atoms with E-state index in [0.717, 1.165) is 24.3 Å².